The van der Waals surface area contributed by atoms with Crippen LogP contribution in [0.15, 0.2) is 60.9 Å². The zero-order chi connectivity index (χ0) is 23.9. The van der Waals surface area contributed by atoms with E-state index in [1.54, 1.807) is 18.3 Å². The standard InChI is InChI=1S/C24H22F2N4O3S/c1-34(31,32)28-19-11-16(21-3-2-18(25)13-22(21)26)10-17(12-19)23-15-27-24-14-20(4-5-30(23)24)29-6-8-33-9-7-29/h2-5,10-15,28H,6-9H2,1H3. The first-order valence-corrected chi connectivity index (χ1v) is 12.5. The van der Waals surface area contributed by atoms with Crippen molar-refractivity contribution in [3.8, 4) is 22.4 Å². The van der Waals surface area contributed by atoms with E-state index in [9.17, 15) is 17.2 Å². The van der Waals surface area contributed by atoms with Crippen molar-refractivity contribution in [2.45, 2.75) is 0 Å². The second-order valence-corrected chi connectivity index (χ2v) is 9.90. The molecule has 0 spiro atoms. The molecule has 1 aliphatic rings. The van der Waals surface area contributed by atoms with Crippen molar-refractivity contribution in [2.75, 3.05) is 42.2 Å². The molecule has 2 aromatic carbocycles. The van der Waals surface area contributed by atoms with Gasteiger partial charge in [-0.1, -0.05) is 0 Å². The number of rotatable bonds is 5. The number of aromatic nitrogens is 2. The quantitative estimate of drug-likeness (QED) is 0.461. The predicted molar refractivity (Wildman–Crippen MR) is 127 cm³/mol. The van der Waals surface area contributed by atoms with Crippen LogP contribution in [-0.2, 0) is 14.8 Å². The lowest BCUT2D eigenvalue weighted by molar-refractivity contribution is 0.122. The highest BCUT2D eigenvalue weighted by Gasteiger charge is 2.16. The van der Waals surface area contributed by atoms with Gasteiger partial charge in [0.25, 0.3) is 0 Å². The van der Waals surface area contributed by atoms with Crippen molar-refractivity contribution in [1.82, 2.24) is 9.38 Å². The largest absolute Gasteiger partial charge is 0.378 e. The second kappa shape index (κ2) is 8.69. The summed E-state index contributed by atoms with van der Waals surface area (Å²) in [5, 5.41) is 0. The Morgan fingerprint density at radius 1 is 1.00 bits per heavy atom. The fraction of sp³-hybridized carbons (Fsp3) is 0.208. The number of anilines is 2. The third kappa shape index (κ3) is 4.59. The van der Waals surface area contributed by atoms with Crippen LogP contribution in [-0.4, -0.2) is 50.4 Å². The van der Waals surface area contributed by atoms with Gasteiger partial charge in [0.1, 0.15) is 17.3 Å². The number of halogens is 2. The summed E-state index contributed by atoms with van der Waals surface area (Å²) in [6.07, 6.45) is 4.62. The monoisotopic (exact) mass is 484 g/mol. The topological polar surface area (TPSA) is 75.9 Å². The lowest BCUT2D eigenvalue weighted by atomic mass is 10.0. The number of morpholine rings is 1. The molecular weight excluding hydrogens is 462 g/mol. The summed E-state index contributed by atoms with van der Waals surface area (Å²) in [5.74, 6) is -1.43. The molecule has 1 aliphatic heterocycles. The number of nitrogens with zero attached hydrogens (tertiary/aromatic N) is 3. The molecular formula is C24H22F2N4O3S. The lowest BCUT2D eigenvalue weighted by Gasteiger charge is -2.28. The fourth-order valence-electron chi connectivity index (χ4n) is 4.13. The Hall–Kier alpha value is -3.50. The van der Waals surface area contributed by atoms with Crippen molar-refractivity contribution < 1.29 is 21.9 Å². The maximum atomic E-state index is 14.5. The molecule has 1 N–H and O–H groups in total. The highest BCUT2D eigenvalue weighted by molar-refractivity contribution is 7.92. The van der Waals surface area contributed by atoms with E-state index in [2.05, 4.69) is 14.6 Å². The summed E-state index contributed by atoms with van der Waals surface area (Å²) in [4.78, 5) is 6.76. The number of benzene rings is 2. The van der Waals surface area contributed by atoms with Gasteiger partial charge in [0, 0.05) is 53.9 Å². The van der Waals surface area contributed by atoms with Gasteiger partial charge < -0.3 is 9.64 Å². The molecule has 0 aliphatic carbocycles. The van der Waals surface area contributed by atoms with Crippen LogP contribution >= 0.6 is 0 Å². The van der Waals surface area contributed by atoms with E-state index >= 15 is 0 Å². The molecule has 2 aromatic heterocycles. The number of hydrogen-bond donors (Lipinski definition) is 1. The van der Waals surface area contributed by atoms with Crippen molar-refractivity contribution in [3.63, 3.8) is 0 Å². The summed E-state index contributed by atoms with van der Waals surface area (Å²) in [6.45, 7) is 2.95. The van der Waals surface area contributed by atoms with Crippen LogP contribution in [0.4, 0.5) is 20.2 Å². The summed E-state index contributed by atoms with van der Waals surface area (Å²) >= 11 is 0. The van der Waals surface area contributed by atoms with Gasteiger partial charge in [0.05, 0.1) is 31.4 Å². The van der Waals surface area contributed by atoms with Crippen molar-refractivity contribution >= 4 is 27.0 Å². The Labute approximate surface area is 195 Å². The fourth-order valence-corrected chi connectivity index (χ4v) is 4.68. The number of hydrogen-bond acceptors (Lipinski definition) is 5. The molecule has 10 heteroatoms. The molecule has 34 heavy (non-hydrogen) atoms. The Kier molecular flexibility index (Phi) is 5.70. The third-order valence-electron chi connectivity index (χ3n) is 5.65. The summed E-state index contributed by atoms with van der Waals surface area (Å²) < 4.78 is 61.5. The molecule has 0 atom stereocenters. The molecule has 0 saturated carbocycles. The minimum atomic E-state index is -3.58. The highest BCUT2D eigenvalue weighted by Crippen LogP contribution is 2.33. The number of nitrogens with one attached hydrogen (secondary N) is 1. The molecule has 0 bridgehead atoms. The molecule has 1 fully saturated rings. The summed E-state index contributed by atoms with van der Waals surface area (Å²) in [5.41, 5.74) is 3.90. The van der Waals surface area contributed by atoms with Crippen LogP contribution < -0.4 is 9.62 Å². The molecule has 176 valence electrons. The maximum Gasteiger partial charge on any atom is 0.229 e. The van der Waals surface area contributed by atoms with Crippen LogP contribution in [0.3, 0.4) is 0 Å². The average Bonchev–Trinajstić information content (AvgIpc) is 3.21. The van der Waals surface area contributed by atoms with Crippen molar-refractivity contribution in [3.05, 3.63) is 72.6 Å². The van der Waals surface area contributed by atoms with E-state index in [0.717, 1.165) is 42.8 Å². The van der Waals surface area contributed by atoms with Gasteiger partial charge in [-0.3, -0.25) is 9.12 Å². The normalized spacial score (nSPS) is 14.5. The number of imidazole rings is 1. The molecule has 4 aromatic rings. The van der Waals surface area contributed by atoms with Crippen molar-refractivity contribution in [2.24, 2.45) is 0 Å². The first kappa shape index (κ1) is 22.3. The maximum absolute atomic E-state index is 14.5. The second-order valence-electron chi connectivity index (χ2n) is 8.15. The Bertz CT molecular complexity index is 1480. The molecule has 1 saturated heterocycles. The zero-order valence-electron chi connectivity index (χ0n) is 18.3. The van der Waals surface area contributed by atoms with E-state index in [1.807, 2.05) is 22.7 Å². The minimum absolute atomic E-state index is 0.156. The minimum Gasteiger partial charge on any atom is -0.378 e. The Morgan fingerprint density at radius 2 is 1.76 bits per heavy atom. The third-order valence-corrected chi connectivity index (χ3v) is 6.25. The number of fused-ring (bicyclic) bond motifs is 1. The Balaban J connectivity index is 1.61. The smallest absolute Gasteiger partial charge is 0.229 e. The van der Waals surface area contributed by atoms with Crippen LogP contribution in [0.1, 0.15) is 0 Å². The number of sulfonamides is 1. The molecule has 7 nitrogen and oxygen atoms in total. The molecule has 3 heterocycles. The van der Waals surface area contributed by atoms with Gasteiger partial charge in [0.15, 0.2) is 0 Å². The number of pyridine rings is 1. The van der Waals surface area contributed by atoms with Gasteiger partial charge in [-0.2, -0.15) is 0 Å². The highest BCUT2D eigenvalue weighted by atomic mass is 32.2. The van der Waals surface area contributed by atoms with Crippen LogP contribution in [0.2, 0.25) is 0 Å². The van der Waals surface area contributed by atoms with Crippen LogP contribution in [0.25, 0.3) is 28.0 Å². The first-order valence-electron chi connectivity index (χ1n) is 10.7. The van der Waals surface area contributed by atoms with Crippen LogP contribution in [0.5, 0.6) is 0 Å². The van der Waals surface area contributed by atoms with E-state index in [4.69, 9.17) is 4.74 Å². The van der Waals surface area contributed by atoms with Gasteiger partial charge in [-0.25, -0.2) is 22.2 Å². The Morgan fingerprint density at radius 3 is 2.50 bits per heavy atom. The van der Waals surface area contributed by atoms with E-state index in [1.165, 1.54) is 12.1 Å². The van der Waals surface area contributed by atoms with Gasteiger partial charge >= 0.3 is 0 Å². The average molecular weight is 485 g/mol. The van der Waals surface area contributed by atoms with E-state index in [-0.39, 0.29) is 11.3 Å². The van der Waals surface area contributed by atoms with E-state index in [0.29, 0.717) is 30.0 Å². The van der Waals surface area contributed by atoms with Gasteiger partial charge in [-0.15, -0.1) is 0 Å². The first-order chi connectivity index (χ1) is 16.3. The molecule has 0 amide bonds. The SMILES string of the molecule is CS(=O)(=O)Nc1cc(-c2ccc(F)cc2F)cc(-c2cnc3cc(N4CCOCC4)ccn23)c1. The summed E-state index contributed by atoms with van der Waals surface area (Å²) in [7, 11) is -3.58. The summed E-state index contributed by atoms with van der Waals surface area (Å²) in [6, 6.07) is 12.2. The van der Waals surface area contributed by atoms with E-state index < -0.39 is 21.7 Å². The van der Waals surface area contributed by atoms with Gasteiger partial charge in [0.2, 0.25) is 10.0 Å². The zero-order valence-corrected chi connectivity index (χ0v) is 19.1. The lowest BCUT2D eigenvalue weighted by Crippen LogP contribution is -2.36. The van der Waals surface area contributed by atoms with Crippen molar-refractivity contribution in [1.29, 1.82) is 0 Å². The number of ether oxygens (including phenoxy) is 1. The van der Waals surface area contributed by atoms with Crippen LogP contribution in [0, 0.1) is 11.6 Å². The van der Waals surface area contributed by atoms with Gasteiger partial charge in [-0.05, 0) is 42.0 Å². The molecule has 5 rings (SSSR count). The molecule has 0 unspecified atom stereocenters. The molecule has 0 radical (unpaired) electrons. The predicted octanol–water partition coefficient (Wildman–Crippen LogP) is 4.15.